The predicted molar refractivity (Wildman–Crippen MR) is 89.9 cm³/mol. The summed E-state index contributed by atoms with van der Waals surface area (Å²) in [5, 5.41) is 14.2. The van der Waals surface area contributed by atoms with E-state index in [0.29, 0.717) is 23.4 Å². The van der Waals surface area contributed by atoms with Crippen LogP contribution in [0.15, 0.2) is 49.1 Å². The van der Waals surface area contributed by atoms with Gasteiger partial charge in [0.1, 0.15) is 5.69 Å². The van der Waals surface area contributed by atoms with Gasteiger partial charge in [-0.05, 0) is 23.8 Å². The molecule has 7 heteroatoms. The normalized spacial score (nSPS) is 11.0. The maximum Gasteiger partial charge on any atom is 0.352 e. The smallest absolute Gasteiger partial charge is 0.352 e. The molecule has 0 unspecified atom stereocenters. The van der Waals surface area contributed by atoms with Gasteiger partial charge in [-0.1, -0.05) is 6.07 Å². The molecule has 4 aromatic rings. The van der Waals surface area contributed by atoms with Gasteiger partial charge in [-0.2, -0.15) is 0 Å². The second kappa shape index (κ2) is 5.62. The lowest BCUT2D eigenvalue weighted by Crippen LogP contribution is -2.03. The Balaban J connectivity index is 1.84. The summed E-state index contributed by atoms with van der Waals surface area (Å²) in [5.41, 5.74) is 2.49. The Morgan fingerprint density at radius 2 is 2.04 bits per heavy atom. The Bertz CT molecular complexity index is 1040. The van der Waals surface area contributed by atoms with Crippen molar-refractivity contribution in [1.29, 1.82) is 0 Å². The van der Waals surface area contributed by atoms with Crippen molar-refractivity contribution in [3.63, 3.8) is 0 Å². The highest BCUT2D eigenvalue weighted by molar-refractivity contribution is 6.11. The van der Waals surface area contributed by atoms with Crippen LogP contribution in [0.5, 0.6) is 0 Å². The van der Waals surface area contributed by atoms with Crippen molar-refractivity contribution < 1.29 is 9.90 Å². The number of carboxylic acids is 1. The summed E-state index contributed by atoms with van der Waals surface area (Å²) in [6.07, 6.45) is 6.81. The Morgan fingerprint density at radius 3 is 2.83 bits per heavy atom. The second-order valence-corrected chi connectivity index (χ2v) is 5.34. The molecule has 0 aliphatic rings. The van der Waals surface area contributed by atoms with Crippen LogP contribution in [0.25, 0.3) is 21.8 Å². The van der Waals surface area contributed by atoms with Crippen LogP contribution in [0.1, 0.15) is 16.1 Å². The van der Waals surface area contributed by atoms with Gasteiger partial charge in [-0.25, -0.2) is 9.78 Å². The van der Waals surface area contributed by atoms with Crippen molar-refractivity contribution in [3.05, 3.63) is 60.3 Å². The van der Waals surface area contributed by atoms with Crippen LogP contribution in [0.2, 0.25) is 0 Å². The molecule has 4 heterocycles. The van der Waals surface area contributed by atoms with Gasteiger partial charge in [0.15, 0.2) is 5.82 Å². The highest BCUT2D eigenvalue weighted by Gasteiger charge is 2.14. The number of fused-ring (bicyclic) bond motifs is 3. The van der Waals surface area contributed by atoms with E-state index in [4.69, 9.17) is 0 Å². The fraction of sp³-hybridized carbons (Fsp3) is 0.0588. The molecule has 0 atom stereocenters. The molecule has 0 saturated carbocycles. The average Bonchev–Trinajstić information content (AvgIpc) is 3.07. The molecular formula is C17H13N5O2. The molecule has 0 bridgehead atoms. The van der Waals surface area contributed by atoms with Crippen LogP contribution < -0.4 is 5.32 Å². The third kappa shape index (κ3) is 2.41. The number of nitrogens with one attached hydrogen (secondary N) is 2. The minimum Gasteiger partial charge on any atom is -0.477 e. The van der Waals surface area contributed by atoms with Crippen molar-refractivity contribution in [2.45, 2.75) is 6.54 Å². The van der Waals surface area contributed by atoms with E-state index < -0.39 is 5.97 Å². The van der Waals surface area contributed by atoms with Gasteiger partial charge in [0, 0.05) is 35.9 Å². The number of hydrogen-bond acceptors (Lipinski definition) is 5. The zero-order chi connectivity index (χ0) is 16.5. The predicted octanol–water partition coefficient (Wildman–Crippen LogP) is 2.82. The van der Waals surface area contributed by atoms with Crippen LogP contribution in [0, 0.1) is 0 Å². The Hall–Kier alpha value is -3.48. The molecule has 0 radical (unpaired) electrons. The van der Waals surface area contributed by atoms with Gasteiger partial charge in [0.2, 0.25) is 0 Å². The molecule has 0 aliphatic heterocycles. The maximum absolute atomic E-state index is 11.3. The quantitative estimate of drug-likeness (QED) is 0.534. The first kappa shape index (κ1) is 14.1. The SMILES string of the molecule is O=C(O)c1cc2c([nH]1)c(NCc1cccnc1)nc1cnccc12. The highest BCUT2D eigenvalue weighted by Crippen LogP contribution is 2.29. The summed E-state index contributed by atoms with van der Waals surface area (Å²) in [5.74, 6) is -0.423. The number of pyridine rings is 3. The molecule has 0 aromatic carbocycles. The van der Waals surface area contributed by atoms with Crippen molar-refractivity contribution in [3.8, 4) is 0 Å². The molecule has 0 fully saturated rings. The van der Waals surface area contributed by atoms with Gasteiger partial charge < -0.3 is 15.4 Å². The molecular weight excluding hydrogens is 306 g/mol. The van der Waals surface area contributed by atoms with Crippen LogP contribution in [-0.2, 0) is 6.54 Å². The number of aromatic nitrogens is 4. The molecule has 0 spiro atoms. The number of aromatic carboxylic acids is 1. The van der Waals surface area contributed by atoms with E-state index in [9.17, 15) is 9.90 Å². The van der Waals surface area contributed by atoms with Crippen LogP contribution in [0.4, 0.5) is 5.82 Å². The fourth-order valence-electron chi connectivity index (χ4n) is 2.66. The largest absolute Gasteiger partial charge is 0.477 e. The number of nitrogens with zero attached hydrogens (tertiary/aromatic N) is 3. The van der Waals surface area contributed by atoms with Crippen molar-refractivity contribution in [2.75, 3.05) is 5.32 Å². The second-order valence-electron chi connectivity index (χ2n) is 5.34. The number of anilines is 1. The summed E-state index contributed by atoms with van der Waals surface area (Å²) in [7, 11) is 0. The molecule has 0 saturated heterocycles. The molecule has 4 rings (SSSR count). The number of hydrogen-bond donors (Lipinski definition) is 3. The first-order chi connectivity index (χ1) is 11.7. The highest BCUT2D eigenvalue weighted by atomic mass is 16.4. The lowest BCUT2D eigenvalue weighted by molar-refractivity contribution is 0.0691. The van der Waals surface area contributed by atoms with E-state index in [0.717, 1.165) is 16.3 Å². The average molecular weight is 319 g/mol. The monoisotopic (exact) mass is 319 g/mol. The van der Waals surface area contributed by atoms with E-state index in [-0.39, 0.29) is 5.69 Å². The van der Waals surface area contributed by atoms with Crippen LogP contribution >= 0.6 is 0 Å². The van der Waals surface area contributed by atoms with Crippen molar-refractivity contribution >= 4 is 33.6 Å². The lowest BCUT2D eigenvalue weighted by atomic mass is 10.1. The van der Waals surface area contributed by atoms with Crippen LogP contribution in [0.3, 0.4) is 0 Å². The maximum atomic E-state index is 11.3. The Labute approximate surface area is 136 Å². The van der Waals surface area contributed by atoms with Crippen molar-refractivity contribution in [2.24, 2.45) is 0 Å². The molecule has 24 heavy (non-hydrogen) atoms. The topological polar surface area (TPSA) is 104 Å². The summed E-state index contributed by atoms with van der Waals surface area (Å²) in [4.78, 5) is 27.0. The van der Waals surface area contributed by atoms with Gasteiger partial charge in [-0.3, -0.25) is 9.97 Å². The lowest BCUT2D eigenvalue weighted by Gasteiger charge is -2.08. The molecule has 4 aromatic heterocycles. The Kier molecular flexibility index (Phi) is 3.31. The van der Waals surface area contributed by atoms with Gasteiger partial charge in [0.05, 0.1) is 17.2 Å². The Morgan fingerprint density at radius 1 is 1.17 bits per heavy atom. The number of H-pyrrole nitrogens is 1. The minimum atomic E-state index is -1.01. The summed E-state index contributed by atoms with van der Waals surface area (Å²) >= 11 is 0. The van der Waals surface area contributed by atoms with Crippen LogP contribution in [-0.4, -0.2) is 31.0 Å². The van der Waals surface area contributed by atoms with Gasteiger partial charge in [0.25, 0.3) is 0 Å². The fourth-order valence-corrected chi connectivity index (χ4v) is 2.66. The molecule has 0 aliphatic carbocycles. The van der Waals surface area contributed by atoms with Crippen molar-refractivity contribution in [1.82, 2.24) is 19.9 Å². The number of rotatable bonds is 4. The van der Waals surface area contributed by atoms with Gasteiger partial charge in [-0.15, -0.1) is 0 Å². The van der Waals surface area contributed by atoms with E-state index >= 15 is 0 Å². The first-order valence-electron chi connectivity index (χ1n) is 7.35. The molecule has 7 nitrogen and oxygen atoms in total. The minimum absolute atomic E-state index is 0.126. The van der Waals surface area contributed by atoms with E-state index in [1.165, 1.54) is 0 Å². The third-order valence-corrected chi connectivity index (χ3v) is 3.79. The first-order valence-corrected chi connectivity index (χ1v) is 7.35. The van der Waals surface area contributed by atoms with E-state index in [1.807, 2.05) is 18.2 Å². The number of aromatic amines is 1. The third-order valence-electron chi connectivity index (χ3n) is 3.79. The standard InChI is InChI=1S/C17H13N5O2/c23-17(24)13-6-12-11-3-5-19-9-14(11)22-16(15(12)21-13)20-8-10-2-1-4-18-7-10/h1-7,9,21H,8H2,(H,20,22)(H,23,24). The van der Waals surface area contributed by atoms with E-state index in [2.05, 4.69) is 25.3 Å². The number of carboxylic acid groups (broad SMARTS) is 1. The zero-order valence-electron chi connectivity index (χ0n) is 12.5. The van der Waals surface area contributed by atoms with Gasteiger partial charge >= 0.3 is 5.97 Å². The molecule has 0 amide bonds. The summed E-state index contributed by atoms with van der Waals surface area (Å²) in [6, 6.07) is 7.27. The molecule has 118 valence electrons. The van der Waals surface area contributed by atoms with E-state index in [1.54, 1.807) is 30.9 Å². The zero-order valence-corrected chi connectivity index (χ0v) is 12.5. The number of carbonyl (C=O) groups is 1. The molecule has 3 N–H and O–H groups in total. The summed E-state index contributed by atoms with van der Waals surface area (Å²) in [6.45, 7) is 0.531. The summed E-state index contributed by atoms with van der Waals surface area (Å²) < 4.78 is 0.